The van der Waals surface area contributed by atoms with Crippen LogP contribution in [0.4, 0.5) is 0 Å². The molecule has 3 nitrogen and oxygen atoms in total. The van der Waals surface area contributed by atoms with Crippen LogP contribution < -0.4 is 5.32 Å². The summed E-state index contributed by atoms with van der Waals surface area (Å²) in [4.78, 5) is 6.12. The van der Waals surface area contributed by atoms with Crippen molar-refractivity contribution in [3.63, 3.8) is 0 Å². The molecule has 0 saturated carbocycles. The van der Waals surface area contributed by atoms with Gasteiger partial charge in [-0.2, -0.15) is 0 Å². The first-order valence-corrected chi connectivity index (χ1v) is 7.94. The Hall–Kier alpha value is -1.13. The molecular weight excluding hydrogens is 268 g/mol. The van der Waals surface area contributed by atoms with E-state index in [-0.39, 0.29) is 5.41 Å². The highest BCUT2D eigenvalue weighted by Crippen LogP contribution is 2.34. The van der Waals surface area contributed by atoms with Crippen molar-refractivity contribution >= 4 is 11.3 Å². The van der Waals surface area contributed by atoms with E-state index in [4.69, 9.17) is 9.40 Å². The normalized spacial score (nSPS) is 12.3. The van der Waals surface area contributed by atoms with Gasteiger partial charge in [-0.3, -0.25) is 0 Å². The van der Waals surface area contributed by atoms with Gasteiger partial charge in [0.05, 0.1) is 12.0 Å². The smallest absolute Gasteiger partial charge is 0.162 e. The minimum absolute atomic E-state index is 0.0518. The van der Waals surface area contributed by atoms with Crippen molar-refractivity contribution in [2.75, 3.05) is 6.54 Å². The summed E-state index contributed by atoms with van der Waals surface area (Å²) in [6, 6.07) is 3.88. The summed E-state index contributed by atoms with van der Waals surface area (Å²) in [6.07, 6.45) is 1.70. The van der Waals surface area contributed by atoms with E-state index in [1.807, 2.05) is 12.1 Å². The predicted molar refractivity (Wildman–Crippen MR) is 85.1 cm³/mol. The van der Waals surface area contributed by atoms with E-state index in [1.165, 1.54) is 10.6 Å². The second-order valence-electron chi connectivity index (χ2n) is 6.54. The Morgan fingerprint density at radius 2 is 2.10 bits per heavy atom. The number of thiazole rings is 1. The van der Waals surface area contributed by atoms with Crippen LogP contribution in [0.25, 0.3) is 10.8 Å². The van der Waals surface area contributed by atoms with Crippen LogP contribution in [0.1, 0.15) is 45.2 Å². The Kier molecular flexibility index (Phi) is 4.66. The molecule has 0 atom stereocenters. The average molecular weight is 292 g/mol. The van der Waals surface area contributed by atoms with E-state index in [9.17, 15) is 0 Å². The van der Waals surface area contributed by atoms with E-state index in [1.54, 1.807) is 17.6 Å². The molecule has 0 saturated heterocycles. The third-order valence-electron chi connectivity index (χ3n) is 2.98. The number of furan rings is 1. The lowest BCUT2D eigenvalue weighted by Crippen LogP contribution is -2.21. The van der Waals surface area contributed by atoms with Crippen LogP contribution in [0.5, 0.6) is 0 Å². The van der Waals surface area contributed by atoms with E-state index in [0.717, 1.165) is 23.9 Å². The van der Waals surface area contributed by atoms with Gasteiger partial charge in [-0.05, 0) is 24.6 Å². The first-order chi connectivity index (χ1) is 9.38. The fourth-order valence-electron chi connectivity index (χ4n) is 2.04. The van der Waals surface area contributed by atoms with Crippen molar-refractivity contribution in [2.45, 2.75) is 46.6 Å². The summed E-state index contributed by atoms with van der Waals surface area (Å²) in [7, 11) is 0. The van der Waals surface area contributed by atoms with Crippen LogP contribution in [0.2, 0.25) is 0 Å². The van der Waals surface area contributed by atoms with Crippen LogP contribution in [0.3, 0.4) is 0 Å². The molecule has 0 aromatic carbocycles. The molecule has 4 heteroatoms. The molecule has 0 amide bonds. The van der Waals surface area contributed by atoms with Crippen LogP contribution >= 0.6 is 11.3 Å². The van der Waals surface area contributed by atoms with Crippen molar-refractivity contribution in [1.29, 1.82) is 0 Å². The molecule has 20 heavy (non-hydrogen) atoms. The number of hydrogen-bond acceptors (Lipinski definition) is 4. The maximum absolute atomic E-state index is 5.47. The first kappa shape index (κ1) is 15.3. The molecular formula is C16H24N2OS. The van der Waals surface area contributed by atoms with Crippen molar-refractivity contribution in [3.8, 4) is 10.8 Å². The molecule has 110 valence electrons. The maximum Gasteiger partial charge on any atom is 0.162 e. The Morgan fingerprint density at radius 3 is 2.65 bits per heavy atom. The third-order valence-corrected chi connectivity index (χ3v) is 4.05. The Morgan fingerprint density at radius 1 is 1.35 bits per heavy atom. The third kappa shape index (κ3) is 3.70. The summed E-state index contributed by atoms with van der Waals surface area (Å²) in [5.74, 6) is 1.51. The van der Waals surface area contributed by atoms with Crippen LogP contribution in [0, 0.1) is 5.92 Å². The molecule has 0 radical (unpaired) electrons. The average Bonchev–Trinajstić information content (AvgIpc) is 2.94. The molecule has 0 bridgehead atoms. The molecule has 0 spiro atoms. The van der Waals surface area contributed by atoms with E-state index in [2.05, 4.69) is 39.9 Å². The van der Waals surface area contributed by atoms with Gasteiger partial charge in [0.1, 0.15) is 0 Å². The number of hydrogen-bond donors (Lipinski definition) is 1. The largest absolute Gasteiger partial charge is 0.462 e. The van der Waals surface area contributed by atoms with E-state index < -0.39 is 0 Å². The molecule has 2 rings (SSSR count). The lowest BCUT2D eigenvalue weighted by Gasteiger charge is -2.18. The molecule has 2 aromatic rings. The molecule has 0 aliphatic carbocycles. The van der Waals surface area contributed by atoms with Crippen LogP contribution in [-0.4, -0.2) is 11.5 Å². The van der Waals surface area contributed by atoms with E-state index in [0.29, 0.717) is 5.92 Å². The van der Waals surface area contributed by atoms with Crippen LogP contribution in [0.15, 0.2) is 22.8 Å². The highest BCUT2D eigenvalue weighted by molar-refractivity contribution is 7.15. The van der Waals surface area contributed by atoms with Gasteiger partial charge in [-0.15, -0.1) is 11.3 Å². The SMILES string of the molecule is CC(C)CNCc1sc(-c2ccco2)nc1C(C)(C)C. The minimum atomic E-state index is 0.0518. The standard InChI is InChI=1S/C16H24N2OS/c1-11(2)9-17-10-13-14(16(3,4)5)18-15(20-13)12-7-6-8-19-12/h6-8,11,17H,9-10H2,1-5H3. The lowest BCUT2D eigenvalue weighted by molar-refractivity contribution is 0.534. The molecule has 2 heterocycles. The second-order valence-corrected chi connectivity index (χ2v) is 7.63. The first-order valence-electron chi connectivity index (χ1n) is 7.12. The highest BCUT2D eigenvalue weighted by atomic mass is 32.1. The molecule has 1 N–H and O–H groups in total. The van der Waals surface area contributed by atoms with Gasteiger partial charge in [0.2, 0.25) is 0 Å². The van der Waals surface area contributed by atoms with Gasteiger partial charge >= 0.3 is 0 Å². The van der Waals surface area contributed by atoms with Gasteiger partial charge < -0.3 is 9.73 Å². The fourth-order valence-corrected chi connectivity index (χ4v) is 3.25. The fraction of sp³-hybridized carbons (Fsp3) is 0.562. The minimum Gasteiger partial charge on any atom is -0.462 e. The number of nitrogens with one attached hydrogen (secondary N) is 1. The Balaban J connectivity index is 2.24. The summed E-state index contributed by atoms with van der Waals surface area (Å²) < 4.78 is 5.47. The number of nitrogens with zero attached hydrogens (tertiary/aromatic N) is 1. The second kappa shape index (κ2) is 6.10. The molecule has 2 aromatic heterocycles. The zero-order chi connectivity index (χ0) is 14.8. The molecule has 0 fully saturated rings. The van der Waals surface area contributed by atoms with Crippen molar-refractivity contribution in [2.24, 2.45) is 5.92 Å². The van der Waals surface area contributed by atoms with Gasteiger partial charge in [0.25, 0.3) is 0 Å². The highest BCUT2D eigenvalue weighted by Gasteiger charge is 2.24. The number of aromatic nitrogens is 1. The molecule has 0 aliphatic rings. The lowest BCUT2D eigenvalue weighted by atomic mass is 9.91. The van der Waals surface area contributed by atoms with Crippen molar-refractivity contribution in [3.05, 3.63) is 29.0 Å². The van der Waals surface area contributed by atoms with Crippen LogP contribution in [-0.2, 0) is 12.0 Å². The molecule has 0 unspecified atom stereocenters. The Labute approximate surface area is 125 Å². The summed E-state index contributed by atoms with van der Waals surface area (Å²) >= 11 is 1.73. The maximum atomic E-state index is 5.47. The van der Waals surface area contributed by atoms with Gasteiger partial charge in [-0.25, -0.2) is 4.98 Å². The summed E-state index contributed by atoms with van der Waals surface area (Å²) in [5, 5.41) is 4.49. The zero-order valence-electron chi connectivity index (χ0n) is 13.0. The van der Waals surface area contributed by atoms with Crippen molar-refractivity contribution in [1.82, 2.24) is 10.3 Å². The monoisotopic (exact) mass is 292 g/mol. The van der Waals surface area contributed by atoms with Gasteiger partial charge in [0.15, 0.2) is 10.8 Å². The van der Waals surface area contributed by atoms with Gasteiger partial charge in [0, 0.05) is 16.8 Å². The van der Waals surface area contributed by atoms with Gasteiger partial charge in [-0.1, -0.05) is 34.6 Å². The van der Waals surface area contributed by atoms with E-state index >= 15 is 0 Å². The molecule has 0 aliphatic heterocycles. The summed E-state index contributed by atoms with van der Waals surface area (Å²) in [6.45, 7) is 13.0. The zero-order valence-corrected chi connectivity index (χ0v) is 13.8. The predicted octanol–water partition coefficient (Wildman–Crippen LogP) is 4.45. The summed E-state index contributed by atoms with van der Waals surface area (Å²) in [5.41, 5.74) is 1.22. The topological polar surface area (TPSA) is 38.1 Å². The van der Waals surface area contributed by atoms with Crippen molar-refractivity contribution < 1.29 is 4.42 Å². The number of rotatable bonds is 5. The quantitative estimate of drug-likeness (QED) is 0.885. The Bertz CT molecular complexity index is 535.